The van der Waals surface area contributed by atoms with Crippen molar-refractivity contribution in [3.05, 3.63) is 52.3 Å². The van der Waals surface area contributed by atoms with Crippen molar-refractivity contribution in [1.82, 2.24) is 4.57 Å². The van der Waals surface area contributed by atoms with Crippen molar-refractivity contribution in [2.24, 2.45) is 12.8 Å². The van der Waals surface area contributed by atoms with Crippen molar-refractivity contribution in [3.8, 4) is 0 Å². The Morgan fingerprint density at radius 2 is 1.91 bits per heavy atom. The van der Waals surface area contributed by atoms with Crippen molar-refractivity contribution >= 4 is 33.5 Å². The summed E-state index contributed by atoms with van der Waals surface area (Å²) in [6.07, 6.45) is 1.63. The smallest absolute Gasteiger partial charge is 0.354 e. The molecule has 23 heavy (non-hydrogen) atoms. The first-order chi connectivity index (χ1) is 10.8. The fraction of sp³-hybridized carbons (Fsp3) is 0.250. The van der Waals surface area contributed by atoms with Gasteiger partial charge >= 0.3 is 5.97 Å². The van der Waals surface area contributed by atoms with E-state index in [2.05, 4.69) is 26.0 Å². The number of carbonyl (C=O) groups is 2. The lowest BCUT2D eigenvalue weighted by Gasteiger charge is -2.23. The van der Waals surface area contributed by atoms with Crippen molar-refractivity contribution < 1.29 is 14.3 Å². The van der Waals surface area contributed by atoms with E-state index < -0.39 is 11.5 Å². The van der Waals surface area contributed by atoms with Gasteiger partial charge < -0.3 is 20.4 Å². The molecule has 2 aromatic rings. The summed E-state index contributed by atoms with van der Waals surface area (Å²) in [4.78, 5) is 24.1. The van der Waals surface area contributed by atoms with Crippen LogP contribution in [0.1, 0.15) is 23.0 Å². The van der Waals surface area contributed by atoms with Crippen LogP contribution in [0.25, 0.3) is 0 Å². The van der Waals surface area contributed by atoms with Crippen LogP contribution in [0.4, 0.5) is 5.69 Å². The Balaban J connectivity index is 2.21. The summed E-state index contributed by atoms with van der Waals surface area (Å²) >= 11 is 3.35. The van der Waals surface area contributed by atoms with Gasteiger partial charge in [-0.15, -0.1) is 0 Å². The number of anilines is 1. The summed E-state index contributed by atoms with van der Waals surface area (Å²) in [7, 11) is 3.00. The first kappa shape index (κ1) is 17.2. The van der Waals surface area contributed by atoms with Crippen LogP contribution in [-0.2, 0) is 22.1 Å². The number of carbonyl (C=O) groups excluding carboxylic acids is 2. The number of nitrogens with one attached hydrogen (secondary N) is 1. The molecule has 0 aliphatic rings. The Morgan fingerprint density at radius 3 is 2.48 bits per heavy atom. The Hall–Kier alpha value is -2.12. The Morgan fingerprint density at radius 1 is 1.30 bits per heavy atom. The lowest BCUT2D eigenvalue weighted by atomic mass is 9.92. The monoisotopic (exact) mass is 379 g/mol. The number of methoxy groups -OCH3 is 1. The van der Waals surface area contributed by atoms with Gasteiger partial charge in [0, 0.05) is 17.7 Å². The van der Waals surface area contributed by atoms with Crippen LogP contribution in [0.3, 0.4) is 0 Å². The zero-order valence-electron chi connectivity index (χ0n) is 13.1. The Kier molecular flexibility index (Phi) is 4.91. The minimum Gasteiger partial charge on any atom is -0.464 e. The van der Waals surface area contributed by atoms with Gasteiger partial charge in [0.1, 0.15) is 11.2 Å². The summed E-state index contributed by atoms with van der Waals surface area (Å²) in [5.74, 6) is -0.849. The van der Waals surface area contributed by atoms with E-state index in [1.54, 1.807) is 42.9 Å². The van der Waals surface area contributed by atoms with Gasteiger partial charge in [-0.05, 0) is 30.7 Å². The number of benzene rings is 1. The summed E-state index contributed by atoms with van der Waals surface area (Å²) in [5.41, 5.74) is 6.48. The topological polar surface area (TPSA) is 86.3 Å². The summed E-state index contributed by atoms with van der Waals surface area (Å²) in [5, 5.41) is 2.73. The zero-order chi connectivity index (χ0) is 17.2. The molecule has 1 aromatic heterocycles. The maximum absolute atomic E-state index is 12.5. The molecule has 0 spiro atoms. The SMILES string of the molecule is COC(=O)c1cc(NC(=O)C(C)(N)c2ccc(Br)cc2)cn1C. The molecule has 0 aliphatic heterocycles. The number of rotatable bonds is 4. The predicted octanol–water partition coefficient (Wildman–Crippen LogP) is 2.39. The number of hydrogen-bond donors (Lipinski definition) is 2. The lowest BCUT2D eigenvalue weighted by molar-refractivity contribution is -0.120. The number of aryl methyl sites for hydroxylation is 1. The van der Waals surface area contributed by atoms with Crippen molar-refractivity contribution in [2.45, 2.75) is 12.5 Å². The highest BCUT2D eigenvalue weighted by Crippen LogP contribution is 2.23. The first-order valence-electron chi connectivity index (χ1n) is 6.86. The van der Waals surface area contributed by atoms with Crippen molar-refractivity contribution in [3.63, 3.8) is 0 Å². The highest BCUT2D eigenvalue weighted by molar-refractivity contribution is 9.10. The van der Waals surface area contributed by atoms with Crippen molar-refractivity contribution in [1.29, 1.82) is 0 Å². The molecule has 1 unspecified atom stereocenters. The molecule has 0 radical (unpaired) electrons. The molecular weight excluding hydrogens is 362 g/mol. The molecule has 1 atom stereocenters. The van der Waals surface area contributed by atoms with E-state index in [-0.39, 0.29) is 5.91 Å². The van der Waals surface area contributed by atoms with E-state index in [4.69, 9.17) is 5.73 Å². The van der Waals surface area contributed by atoms with Gasteiger partial charge in [-0.2, -0.15) is 0 Å². The van der Waals surface area contributed by atoms with E-state index in [1.165, 1.54) is 7.11 Å². The van der Waals surface area contributed by atoms with E-state index in [0.29, 0.717) is 16.9 Å². The Bertz CT molecular complexity index is 736. The van der Waals surface area contributed by atoms with Crippen LogP contribution < -0.4 is 11.1 Å². The third-order valence-electron chi connectivity index (χ3n) is 3.57. The molecule has 0 fully saturated rings. The number of aromatic nitrogens is 1. The van der Waals surface area contributed by atoms with Gasteiger partial charge in [-0.1, -0.05) is 28.1 Å². The molecule has 0 aliphatic carbocycles. The van der Waals surface area contributed by atoms with E-state index >= 15 is 0 Å². The summed E-state index contributed by atoms with van der Waals surface area (Å²) in [6, 6.07) is 8.77. The highest BCUT2D eigenvalue weighted by atomic mass is 79.9. The van der Waals surface area contributed by atoms with Gasteiger partial charge in [0.25, 0.3) is 0 Å². The lowest BCUT2D eigenvalue weighted by Crippen LogP contribution is -2.45. The fourth-order valence-corrected chi connectivity index (χ4v) is 2.39. The molecule has 1 heterocycles. The standard InChI is InChI=1S/C16H18BrN3O3/c1-16(18,10-4-6-11(17)7-5-10)15(22)19-12-8-13(14(21)23-3)20(2)9-12/h4-9H,18H2,1-3H3,(H,19,22). The van der Waals surface area contributed by atoms with Gasteiger partial charge in [0.15, 0.2) is 0 Å². The van der Waals surface area contributed by atoms with Gasteiger partial charge in [0.2, 0.25) is 5.91 Å². The average molecular weight is 380 g/mol. The maximum Gasteiger partial charge on any atom is 0.354 e. The normalized spacial score (nSPS) is 13.3. The number of ether oxygens (including phenoxy) is 1. The molecule has 0 saturated heterocycles. The van der Waals surface area contributed by atoms with Gasteiger partial charge in [-0.3, -0.25) is 4.79 Å². The Labute approximate surface area is 142 Å². The minimum atomic E-state index is -1.21. The van der Waals surface area contributed by atoms with Gasteiger partial charge in [-0.25, -0.2) is 4.79 Å². The minimum absolute atomic E-state index is 0.338. The largest absolute Gasteiger partial charge is 0.464 e. The molecule has 1 amide bonds. The molecule has 2 rings (SSSR count). The van der Waals surface area contributed by atoms with Crippen LogP contribution in [0.15, 0.2) is 41.0 Å². The van der Waals surface area contributed by atoms with Crippen LogP contribution in [0.2, 0.25) is 0 Å². The first-order valence-corrected chi connectivity index (χ1v) is 7.66. The zero-order valence-corrected chi connectivity index (χ0v) is 14.7. The van der Waals surface area contributed by atoms with Gasteiger partial charge in [0.05, 0.1) is 12.8 Å². The molecular formula is C16H18BrN3O3. The predicted molar refractivity (Wildman–Crippen MR) is 91.1 cm³/mol. The van der Waals surface area contributed by atoms with E-state index in [0.717, 1.165) is 4.47 Å². The second-order valence-corrected chi connectivity index (χ2v) is 6.30. The number of amides is 1. The highest BCUT2D eigenvalue weighted by Gasteiger charge is 2.31. The molecule has 122 valence electrons. The average Bonchev–Trinajstić information content (AvgIpc) is 2.87. The number of nitrogens with two attached hydrogens (primary N) is 1. The third kappa shape index (κ3) is 3.62. The number of esters is 1. The molecule has 0 bridgehead atoms. The molecule has 1 aromatic carbocycles. The molecule has 7 heteroatoms. The number of halogens is 1. The van der Waals surface area contributed by atoms with E-state index in [9.17, 15) is 9.59 Å². The number of hydrogen-bond acceptors (Lipinski definition) is 4. The maximum atomic E-state index is 12.5. The molecule has 6 nitrogen and oxygen atoms in total. The van der Waals surface area contributed by atoms with E-state index in [1.807, 2.05) is 12.1 Å². The molecule has 3 N–H and O–H groups in total. The quantitative estimate of drug-likeness (QED) is 0.798. The fourth-order valence-electron chi connectivity index (χ4n) is 2.13. The van der Waals surface area contributed by atoms with Crippen LogP contribution in [0.5, 0.6) is 0 Å². The second kappa shape index (κ2) is 6.55. The van der Waals surface area contributed by atoms with Crippen molar-refractivity contribution in [2.75, 3.05) is 12.4 Å². The summed E-state index contributed by atoms with van der Waals surface area (Å²) < 4.78 is 7.17. The molecule has 0 saturated carbocycles. The van der Waals surface area contributed by atoms with Crippen LogP contribution in [0, 0.1) is 0 Å². The third-order valence-corrected chi connectivity index (χ3v) is 4.10. The van der Waals surface area contributed by atoms with Crippen LogP contribution in [-0.4, -0.2) is 23.6 Å². The van der Waals surface area contributed by atoms with Crippen LogP contribution >= 0.6 is 15.9 Å². The number of nitrogens with zero attached hydrogens (tertiary/aromatic N) is 1. The summed E-state index contributed by atoms with van der Waals surface area (Å²) in [6.45, 7) is 1.63. The second-order valence-electron chi connectivity index (χ2n) is 5.38.